The normalized spacial score (nSPS) is 10.4. The van der Waals surface area contributed by atoms with Gasteiger partial charge in [0, 0.05) is 30.6 Å². The Kier molecular flexibility index (Phi) is 6.18. The SMILES string of the molecule is COc1cc(OC)c2cc(C(=O)NCCC(=O)Nc3ccccn3)[nH]c2c1OC. The topological polar surface area (TPSA) is 115 Å². The van der Waals surface area contributed by atoms with Crippen molar-refractivity contribution in [2.24, 2.45) is 0 Å². The number of nitrogens with zero attached hydrogens (tertiary/aromatic N) is 1. The number of aromatic nitrogens is 2. The summed E-state index contributed by atoms with van der Waals surface area (Å²) in [5, 5.41) is 6.06. The van der Waals surface area contributed by atoms with Crippen molar-refractivity contribution in [2.45, 2.75) is 6.42 Å². The van der Waals surface area contributed by atoms with Crippen LogP contribution < -0.4 is 24.8 Å². The second-order valence-corrected chi connectivity index (χ2v) is 6.06. The van der Waals surface area contributed by atoms with E-state index in [2.05, 4.69) is 20.6 Å². The molecule has 3 aromatic rings. The molecule has 0 bridgehead atoms. The number of carbonyl (C=O) groups is 2. The summed E-state index contributed by atoms with van der Waals surface area (Å²) >= 11 is 0. The summed E-state index contributed by atoms with van der Waals surface area (Å²) in [5.41, 5.74) is 0.900. The lowest BCUT2D eigenvalue weighted by Crippen LogP contribution is -2.28. The smallest absolute Gasteiger partial charge is 0.267 e. The first-order chi connectivity index (χ1) is 14.1. The molecule has 0 saturated carbocycles. The van der Waals surface area contributed by atoms with Crippen LogP contribution in [-0.4, -0.2) is 49.7 Å². The lowest BCUT2D eigenvalue weighted by atomic mass is 10.2. The predicted molar refractivity (Wildman–Crippen MR) is 108 cm³/mol. The molecule has 0 saturated heterocycles. The van der Waals surface area contributed by atoms with Gasteiger partial charge in [0.2, 0.25) is 5.91 Å². The van der Waals surface area contributed by atoms with E-state index in [1.807, 2.05) is 0 Å². The van der Waals surface area contributed by atoms with Crippen molar-refractivity contribution in [3.63, 3.8) is 0 Å². The van der Waals surface area contributed by atoms with Gasteiger partial charge >= 0.3 is 0 Å². The van der Waals surface area contributed by atoms with Gasteiger partial charge in [-0.1, -0.05) is 6.07 Å². The Morgan fingerprint density at radius 1 is 1.07 bits per heavy atom. The third-order valence-electron chi connectivity index (χ3n) is 4.25. The number of rotatable bonds is 8. The molecule has 0 fully saturated rings. The van der Waals surface area contributed by atoms with Crippen LogP contribution in [0.1, 0.15) is 16.9 Å². The fourth-order valence-electron chi connectivity index (χ4n) is 2.89. The van der Waals surface area contributed by atoms with Crippen molar-refractivity contribution in [2.75, 3.05) is 33.2 Å². The molecule has 9 nitrogen and oxygen atoms in total. The second-order valence-electron chi connectivity index (χ2n) is 6.06. The van der Waals surface area contributed by atoms with Gasteiger partial charge < -0.3 is 29.8 Å². The third-order valence-corrected chi connectivity index (χ3v) is 4.25. The molecule has 2 aromatic heterocycles. The monoisotopic (exact) mass is 398 g/mol. The summed E-state index contributed by atoms with van der Waals surface area (Å²) in [6, 6.07) is 8.59. The highest BCUT2D eigenvalue weighted by Gasteiger charge is 2.19. The average Bonchev–Trinajstić information content (AvgIpc) is 3.18. The molecule has 3 rings (SSSR count). The van der Waals surface area contributed by atoms with E-state index < -0.39 is 0 Å². The quantitative estimate of drug-likeness (QED) is 0.537. The van der Waals surface area contributed by atoms with E-state index in [1.54, 1.807) is 36.5 Å². The van der Waals surface area contributed by atoms with Gasteiger partial charge in [-0.3, -0.25) is 9.59 Å². The number of H-pyrrole nitrogens is 1. The summed E-state index contributed by atoms with van der Waals surface area (Å²) in [7, 11) is 4.58. The van der Waals surface area contributed by atoms with E-state index in [0.29, 0.717) is 39.7 Å². The maximum absolute atomic E-state index is 12.5. The van der Waals surface area contributed by atoms with Gasteiger partial charge in [0.25, 0.3) is 5.91 Å². The Hall–Kier alpha value is -3.75. The summed E-state index contributed by atoms with van der Waals surface area (Å²) in [5.74, 6) is 1.37. The maximum atomic E-state index is 12.5. The number of hydrogen-bond acceptors (Lipinski definition) is 6. The molecule has 3 N–H and O–H groups in total. The fraction of sp³-hybridized carbons (Fsp3) is 0.250. The molecule has 2 heterocycles. The Balaban J connectivity index is 1.68. The zero-order valence-corrected chi connectivity index (χ0v) is 16.4. The van der Waals surface area contributed by atoms with Crippen molar-refractivity contribution in [1.82, 2.24) is 15.3 Å². The van der Waals surface area contributed by atoms with Gasteiger partial charge in [-0.2, -0.15) is 0 Å². The molecule has 0 spiro atoms. The second kappa shape index (κ2) is 8.96. The van der Waals surface area contributed by atoms with Crippen molar-refractivity contribution >= 4 is 28.5 Å². The van der Waals surface area contributed by atoms with Crippen molar-refractivity contribution in [3.8, 4) is 17.2 Å². The lowest BCUT2D eigenvalue weighted by molar-refractivity contribution is -0.116. The molecule has 0 radical (unpaired) electrons. The maximum Gasteiger partial charge on any atom is 0.267 e. The Labute approximate surface area is 167 Å². The van der Waals surface area contributed by atoms with Crippen LogP contribution in [0.2, 0.25) is 0 Å². The molecular formula is C20H22N4O5. The molecule has 0 aliphatic carbocycles. The standard InChI is InChI=1S/C20H22N4O5/c1-27-14-11-15(28-2)19(29-3)18-12(14)10-13(23-18)20(26)22-9-7-17(25)24-16-6-4-5-8-21-16/h4-6,8,10-11,23H,7,9H2,1-3H3,(H,22,26)(H,21,24,25). The van der Waals surface area contributed by atoms with E-state index in [0.717, 1.165) is 0 Å². The molecular weight excluding hydrogens is 376 g/mol. The van der Waals surface area contributed by atoms with Crippen LogP contribution in [0.5, 0.6) is 17.2 Å². The van der Waals surface area contributed by atoms with Crippen LogP contribution >= 0.6 is 0 Å². The number of carbonyl (C=O) groups excluding carboxylic acids is 2. The molecule has 0 unspecified atom stereocenters. The van der Waals surface area contributed by atoms with Crippen molar-refractivity contribution in [1.29, 1.82) is 0 Å². The number of pyridine rings is 1. The van der Waals surface area contributed by atoms with Crippen LogP contribution in [0.15, 0.2) is 36.5 Å². The molecule has 0 aliphatic rings. The van der Waals surface area contributed by atoms with Crippen LogP contribution in [0.25, 0.3) is 10.9 Å². The predicted octanol–water partition coefficient (Wildman–Crippen LogP) is 2.35. The molecule has 2 amide bonds. The van der Waals surface area contributed by atoms with Crippen molar-refractivity contribution < 1.29 is 23.8 Å². The lowest BCUT2D eigenvalue weighted by Gasteiger charge is -2.11. The molecule has 0 atom stereocenters. The van der Waals surface area contributed by atoms with Gasteiger partial charge in [-0.25, -0.2) is 4.98 Å². The summed E-state index contributed by atoms with van der Waals surface area (Å²) in [4.78, 5) is 31.5. The zero-order chi connectivity index (χ0) is 20.8. The fourth-order valence-corrected chi connectivity index (χ4v) is 2.89. The number of ether oxygens (including phenoxy) is 3. The largest absolute Gasteiger partial charge is 0.496 e. The minimum Gasteiger partial charge on any atom is -0.496 e. The summed E-state index contributed by atoms with van der Waals surface area (Å²) in [6.45, 7) is 0.171. The number of anilines is 1. The Morgan fingerprint density at radius 2 is 1.86 bits per heavy atom. The molecule has 152 valence electrons. The first kappa shape index (κ1) is 20.0. The number of nitrogens with one attached hydrogen (secondary N) is 3. The van der Waals surface area contributed by atoms with Gasteiger partial charge in [-0.15, -0.1) is 0 Å². The molecule has 1 aromatic carbocycles. The first-order valence-electron chi connectivity index (χ1n) is 8.88. The summed E-state index contributed by atoms with van der Waals surface area (Å²) in [6.07, 6.45) is 1.70. The van der Waals surface area contributed by atoms with E-state index in [1.165, 1.54) is 21.3 Å². The number of benzene rings is 1. The van der Waals surface area contributed by atoms with Gasteiger partial charge in [0.1, 0.15) is 17.3 Å². The number of aromatic amines is 1. The van der Waals surface area contributed by atoms with Gasteiger partial charge in [-0.05, 0) is 18.2 Å². The highest BCUT2D eigenvalue weighted by molar-refractivity contribution is 6.02. The number of fused-ring (bicyclic) bond motifs is 1. The zero-order valence-electron chi connectivity index (χ0n) is 16.4. The van der Waals surface area contributed by atoms with E-state index in [9.17, 15) is 9.59 Å². The number of methoxy groups -OCH3 is 3. The van der Waals surface area contributed by atoms with Crippen LogP contribution in [0.4, 0.5) is 5.82 Å². The van der Waals surface area contributed by atoms with E-state index in [4.69, 9.17) is 14.2 Å². The number of amides is 2. The van der Waals surface area contributed by atoms with E-state index >= 15 is 0 Å². The molecule has 0 aliphatic heterocycles. The van der Waals surface area contributed by atoms with Gasteiger partial charge in [0.15, 0.2) is 11.5 Å². The Morgan fingerprint density at radius 3 is 2.52 bits per heavy atom. The first-order valence-corrected chi connectivity index (χ1v) is 8.88. The average molecular weight is 398 g/mol. The van der Waals surface area contributed by atoms with Crippen LogP contribution in [0, 0.1) is 0 Å². The minimum absolute atomic E-state index is 0.114. The number of hydrogen-bond donors (Lipinski definition) is 3. The summed E-state index contributed by atoms with van der Waals surface area (Å²) < 4.78 is 16.1. The molecule has 29 heavy (non-hydrogen) atoms. The van der Waals surface area contributed by atoms with Crippen molar-refractivity contribution in [3.05, 3.63) is 42.2 Å². The highest BCUT2D eigenvalue weighted by Crippen LogP contribution is 2.41. The highest BCUT2D eigenvalue weighted by atomic mass is 16.5. The Bertz CT molecular complexity index is 1020. The third kappa shape index (κ3) is 4.40. The van der Waals surface area contributed by atoms with Crippen LogP contribution in [-0.2, 0) is 4.79 Å². The molecule has 9 heteroatoms. The minimum atomic E-state index is -0.352. The van der Waals surface area contributed by atoms with E-state index in [-0.39, 0.29) is 24.8 Å². The van der Waals surface area contributed by atoms with Gasteiger partial charge in [0.05, 0.1) is 26.8 Å². The van der Waals surface area contributed by atoms with Crippen LogP contribution in [0.3, 0.4) is 0 Å².